The van der Waals surface area contributed by atoms with E-state index >= 15 is 0 Å². The van der Waals surface area contributed by atoms with E-state index < -0.39 is 8.07 Å². The molecule has 2 aromatic rings. The SMILES string of the molecule is Cc1cncc(C2CCc3nn(COCC[Si](C)(C)C)c(=O)n32)n1. The molecule has 1 unspecified atom stereocenters. The Morgan fingerprint density at radius 3 is 2.83 bits per heavy atom. The van der Waals surface area contributed by atoms with Gasteiger partial charge in [-0.3, -0.25) is 14.5 Å². The lowest BCUT2D eigenvalue weighted by atomic mass is 10.1. The third kappa shape index (κ3) is 3.64. The summed E-state index contributed by atoms with van der Waals surface area (Å²) in [5, 5.41) is 4.43. The van der Waals surface area contributed by atoms with Crippen LogP contribution < -0.4 is 5.69 Å². The number of aryl methyl sites for hydroxylation is 2. The molecule has 24 heavy (non-hydrogen) atoms. The first-order valence-corrected chi connectivity index (χ1v) is 12.1. The number of hydrogen-bond acceptors (Lipinski definition) is 5. The summed E-state index contributed by atoms with van der Waals surface area (Å²) in [5.74, 6) is 0.808. The number of fused-ring (bicyclic) bond motifs is 1. The van der Waals surface area contributed by atoms with E-state index in [9.17, 15) is 4.79 Å². The molecule has 0 radical (unpaired) electrons. The zero-order chi connectivity index (χ0) is 17.3. The van der Waals surface area contributed by atoms with Gasteiger partial charge in [0.15, 0.2) is 0 Å². The smallest absolute Gasteiger partial charge is 0.348 e. The highest BCUT2D eigenvalue weighted by atomic mass is 28.3. The fourth-order valence-corrected chi connectivity index (χ4v) is 3.64. The van der Waals surface area contributed by atoms with Crippen molar-refractivity contribution in [2.24, 2.45) is 0 Å². The molecule has 3 rings (SSSR count). The Balaban J connectivity index is 1.73. The Morgan fingerprint density at radius 2 is 2.12 bits per heavy atom. The van der Waals surface area contributed by atoms with Crippen LogP contribution in [-0.2, 0) is 17.9 Å². The predicted molar refractivity (Wildman–Crippen MR) is 93.8 cm³/mol. The molecule has 0 saturated heterocycles. The highest BCUT2D eigenvalue weighted by Gasteiger charge is 2.30. The van der Waals surface area contributed by atoms with Crippen molar-refractivity contribution in [3.63, 3.8) is 0 Å². The number of nitrogens with zero attached hydrogens (tertiary/aromatic N) is 5. The van der Waals surface area contributed by atoms with Crippen LogP contribution in [0.25, 0.3) is 0 Å². The second-order valence-electron chi connectivity index (χ2n) is 7.56. The van der Waals surface area contributed by atoms with Crippen LogP contribution in [0, 0.1) is 6.92 Å². The second kappa shape index (κ2) is 6.60. The van der Waals surface area contributed by atoms with Crippen molar-refractivity contribution in [1.82, 2.24) is 24.3 Å². The Bertz CT molecular complexity index is 778. The van der Waals surface area contributed by atoms with Crippen LogP contribution in [0.15, 0.2) is 17.2 Å². The lowest BCUT2D eigenvalue weighted by molar-refractivity contribution is 0.0750. The lowest BCUT2D eigenvalue weighted by Gasteiger charge is -2.15. The summed E-state index contributed by atoms with van der Waals surface area (Å²) in [6, 6.07) is 1.01. The van der Waals surface area contributed by atoms with E-state index in [1.165, 1.54) is 4.68 Å². The summed E-state index contributed by atoms with van der Waals surface area (Å²) in [4.78, 5) is 21.4. The average Bonchev–Trinajstić information content (AvgIpc) is 3.04. The Hall–Kier alpha value is -1.80. The van der Waals surface area contributed by atoms with Crippen LogP contribution >= 0.6 is 0 Å². The van der Waals surface area contributed by atoms with Crippen molar-refractivity contribution in [1.29, 1.82) is 0 Å². The van der Waals surface area contributed by atoms with E-state index in [0.29, 0.717) is 6.61 Å². The maximum atomic E-state index is 12.7. The summed E-state index contributed by atoms with van der Waals surface area (Å²) >= 11 is 0. The molecule has 0 N–H and O–H groups in total. The van der Waals surface area contributed by atoms with Crippen LogP contribution in [-0.4, -0.2) is 39.0 Å². The summed E-state index contributed by atoms with van der Waals surface area (Å²) in [6.45, 7) is 9.72. The Morgan fingerprint density at radius 1 is 1.33 bits per heavy atom. The fourth-order valence-electron chi connectivity index (χ4n) is 2.88. The lowest BCUT2D eigenvalue weighted by Crippen LogP contribution is -2.29. The van der Waals surface area contributed by atoms with Gasteiger partial charge >= 0.3 is 5.69 Å². The maximum absolute atomic E-state index is 12.7. The molecule has 0 aromatic carbocycles. The average molecular weight is 347 g/mol. The van der Waals surface area contributed by atoms with Crippen molar-refractivity contribution in [2.75, 3.05) is 6.61 Å². The van der Waals surface area contributed by atoms with E-state index in [2.05, 4.69) is 34.7 Å². The quantitative estimate of drug-likeness (QED) is 0.590. The minimum Gasteiger partial charge on any atom is -0.359 e. The molecule has 7 nitrogen and oxygen atoms in total. The van der Waals surface area contributed by atoms with Gasteiger partial charge < -0.3 is 4.74 Å². The van der Waals surface area contributed by atoms with Crippen molar-refractivity contribution < 1.29 is 4.74 Å². The van der Waals surface area contributed by atoms with Crippen LogP contribution in [0.1, 0.15) is 29.7 Å². The van der Waals surface area contributed by atoms with Gasteiger partial charge in [-0.05, 0) is 19.4 Å². The number of rotatable bonds is 6. The first kappa shape index (κ1) is 17.0. The van der Waals surface area contributed by atoms with Gasteiger partial charge in [-0.15, -0.1) is 0 Å². The van der Waals surface area contributed by atoms with Crippen LogP contribution in [0.5, 0.6) is 0 Å². The van der Waals surface area contributed by atoms with Crippen molar-refractivity contribution >= 4 is 8.07 Å². The van der Waals surface area contributed by atoms with Gasteiger partial charge in [0, 0.05) is 27.3 Å². The van der Waals surface area contributed by atoms with Gasteiger partial charge in [0.05, 0.1) is 23.6 Å². The standard InChI is InChI=1S/C16H25N5O2Si/c1-12-9-17-10-13(18-12)14-5-6-15-19-20(16(22)21(14)15)11-23-7-8-24(2,3)4/h9-10,14H,5-8,11H2,1-4H3. The molecule has 1 aliphatic rings. The molecule has 0 bridgehead atoms. The normalized spacial score (nSPS) is 17.2. The molecular weight excluding hydrogens is 322 g/mol. The topological polar surface area (TPSA) is 74.8 Å². The molecule has 0 saturated carbocycles. The van der Waals surface area contributed by atoms with E-state index in [1.807, 2.05) is 6.92 Å². The van der Waals surface area contributed by atoms with Gasteiger partial charge in [0.25, 0.3) is 0 Å². The molecule has 3 heterocycles. The molecule has 0 fully saturated rings. The van der Waals surface area contributed by atoms with Crippen molar-refractivity contribution in [3.05, 3.63) is 40.1 Å². The van der Waals surface area contributed by atoms with Crippen LogP contribution in [0.4, 0.5) is 0 Å². The third-order valence-electron chi connectivity index (χ3n) is 4.22. The Kier molecular flexibility index (Phi) is 4.68. The van der Waals surface area contributed by atoms with Gasteiger partial charge in [0.1, 0.15) is 12.6 Å². The molecular formula is C16H25N5O2Si. The first-order chi connectivity index (χ1) is 11.3. The van der Waals surface area contributed by atoms with Crippen molar-refractivity contribution in [2.45, 2.75) is 58.2 Å². The molecule has 0 aliphatic carbocycles. The number of ether oxygens (including phenoxy) is 1. The molecule has 8 heteroatoms. The minimum atomic E-state index is -1.12. The predicted octanol–water partition coefficient (Wildman–Crippen LogP) is 1.99. The summed E-state index contributed by atoms with van der Waals surface area (Å²) in [7, 11) is -1.12. The molecule has 1 aliphatic heterocycles. The molecule has 0 amide bonds. The first-order valence-electron chi connectivity index (χ1n) is 8.40. The van der Waals surface area contributed by atoms with Crippen molar-refractivity contribution in [3.8, 4) is 0 Å². The van der Waals surface area contributed by atoms with E-state index in [4.69, 9.17) is 4.74 Å². The summed E-state index contributed by atoms with van der Waals surface area (Å²) < 4.78 is 8.83. The zero-order valence-electron chi connectivity index (χ0n) is 14.8. The van der Waals surface area contributed by atoms with Crippen LogP contribution in [0.3, 0.4) is 0 Å². The van der Waals surface area contributed by atoms with E-state index in [1.54, 1.807) is 17.0 Å². The van der Waals surface area contributed by atoms with Gasteiger partial charge in [-0.1, -0.05) is 19.6 Å². The second-order valence-corrected chi connectivity index (χ2v) is 13.2. The van der Waals surface area contributed by atoms with Crippen LogP contribution in [0.2, 0.25) is 25.7 Å². The number of aromatic nitrogens is 5. The largest absolute Gasteiger partial charge is 0.359 e. The highest BCUT2D eigenvalue weighted by molar-refractivity contribution is 6.76. The summed E-state index contributed by atoms with van der Waals surface area (Å²) in [6.07, 6.45) is 5.07. The molecule has 1 atom stereocenters. The maximum Gasteiger partial charge on any atom is 0.348 e. The Labute approximate surface area is 142 Å². The molecule has 2 aromatic heterocycles. The molecule has 0 spiro atoms. The van der Waals surface area contributed by atoms with Gasteiger partial charge in [-0.2, -0.15) is 9.78 Å². The zero-order valence-corrected chi connectivity index (χ0v) is 15.8. The van der Waals surface area contributed by atoms with Gasteiger partial charge in [-0.25, -0.2) is 4.79 Å². The minimum absolute atomic E-state index is 0.0735. The number of hydrogen-bond donors (Lipinski definition) is 0. The van der Waals surface area contributed by atoms with E-state index in [0.717, 1.165) is 36.1 Å². The fraction of sp³-hybridized carbons (Fsp3) is 0.625. The van der Waals surface area contributed by atoms with Gasteiger partial charge in [0.2, 0.25) is 0 Å². The summed E-state index contributed by atoms with van der Waals surface area (Å²) in [5.41, 5.74) is 1.56. The third-order valence-corrected chi connectivity index (χ3v) is 5.92. The monoisotopic (exact) mass is 347 g/mol. The van der Waals surface area contributed by atoms with E-state index in [-0.39, 0.29) is 18.5 Å². The molecule has 130 valence electrons. The highest BCUT2D eigenvalue weighted by Crippen LogP contribution is 2.27.